The highest BCUT2D eigenvalue weighted by atomic mass is 35.5. The zero-order chi connectivity index (χ0) is 22.3. The lowest BCUT2D eigenvalue weighted by Gasteiger charge is -2.25. The Morgan fingerprint density at radius 2 is 2.06 bits per heavy atom. The molecule has 0 amide bonds. The number of nitrogens with one attached hydrogen (secondary N) is 1. The smallest absolute Gasteiger partial charge is 0.158 e. The van der Waals surface area contributed by atoms with Crippen molar-refractivity contribution in [3.8, 4) is 5.75 Å². The number of aromatic nitrogens is 3. The Balaban J connectivity index is 1.94. The van der Waals surface area contributed by atoms with Crippen molar-refractivity contribution in [2.75, 3.05) is 18.9 Å². The molecule has 3 N–H and O–H groups in total. The molecule has 6 nitrogen and oxygen atoms in total. The van der Waals surface area contributed by atoms with Crippen molar-refractivity contribution in [1.82, 2.24) is 19.7 Å². The quantitative estimate of drug-likeness (QED) is 0.538. The van der Waals surface area contributed by atoms with Gasteiger partial charge < -0.3 is 15.8 Å². The Hall–Kier alpha value is -2.70. The molecule has 0 aliphatic carbocycles. The Morgan fingerprint density at radius 3 is 2.74 bits per heavy atom. The molecule has 0 spiro atoms. The van der Waals surface area contributed by atoms with Crippen molar-refractivity contribution < 1.29 is 4.74 Å². The normalized spacial score (nSPS) is 14.8. The van der Waals surface area contributed by atoms with E-state index in [1.54, 1.807) is 6.20 Å². The predicted molar refractivity (Wildman–Crippen MR) is 127 cm³/mol. The fourth-order valence-electron chi connectivity index (χ4n) is 3.99. The van der Waals surface area contributed by atoms with Crippen molar-refractivity contribution in [2.45, 2.75) is 33.6 Å². The van der Waals surface area contributed by atoms with Gasteiger partial charge in [-0.2, -0.15) is 0 Å². The summed E-state index contributed by atoms with van der Waals surface area (Å²) in [5.74, 6) is 1.74. The number of imidazole rings is 1. The van der Waals surface area contributed by atoms with Crippen LogP contribution >= 0.6 is 23.2 Å². The second kappa shape index (κ2) is 8.44. The van der Waals surface area contributed by atoms with Crippen LogP contribution in [0.1, 0.15) is 49.2 Å². The molecule has 3 aromatic rings. The molecule has 1 aliphatic heterocycles. The van der Waals surface area contributed by atoms with Gasteiger partial charge in [-0.1, -0.05) is 36.2 Å². The van der Waals surface area contributed by atoms with Gasteiger partial charge in [-0.15, -0.1) is 0 Å². The van der Waals surface area contributed by atoms with Crippen LogP contribution in [-0.2, 0) is 0 Å². The minimum Gasteiger partial charge on any atom is -0.493 e. The topological polar surface area (TPSA) is 77.5 Å². The SMILES string of the molecule is CCOc1c(C(C)c2nc(Cl)c3c(N)nccn23)cc(Cl)c(C)c1C1=CC=C(C)NC1. The zero-order valence-electron chi connectivity index (χ0n) is 18.0. The first-order valence-electron chi connectivity index (χ1n) is 10.2. The first-order valence-corrected chi connectivity index (χ1v) is 10.9. The molecular formula is C23H25Cl2N5O. The van der Waals surface area contributed by atoms with Crippen molar-refractivity contribution in [2.24, 2.45) is 0 Å². The Kier molecular flexibility index (Phi) is 5.86. The van der Waals surface area contributed by atoms with Crippen molar-refractivity contribution in [3.63, 3.8) is 0 Å². The van der Waals surface area contributed by atoms with Gasteiger partial charge in [0.25, 0.3) is 0 Å². The van der Waals surface area contributed by atoms with E-state index in [-0.39, 0.29) is 5.92 Å². The van der Waals surface area contributed by atoms with Gasteiger partial charge in [0, 0.05) is 46.7 Å². The number of nitrogens with two attached hydrogens (primary N) is 1. The van der Waals surface area contributed by atoms with E-state index >= 15 is 0 Å². The van der Waals surface area contributed by atoms with E-state index in [0.29, 0.717) is 34.7 Å². The van der Waals surface area contributed by atoms with Crippen LogP contribution in [0.3, 0.4) is 0 Å². The van der Waals surface area contributed by atoms with Gasteiger partial charge in [-0.3, -0.25) is 4.40 Å². The standard InChI is InChI=1S/C23H25Cl2N5O/c1-5-31-20-16(10-17(24)14(4)18(20)15-7-6-12(2)28-11-15)13(3)23-29-21(25)19-22(26)27-8-9-30(19)23/h6-10,13,28H,5,11H2,1-4H3,(H2,26,27). The average molecular weight is 458 g/mol. The summed E-state index contributed by atoms with van der Waals surface area (Å²) in [5, 5.41) is 4.40. The molecule has 1 aliphatic rings. The van der Waals surface area contributed by atoms with Crippen molar-refractivity contribution >= 4 is 40.1 Å². The highest BCUT2D eigenvalue weighted by Crippen LogP contribution is 2.43. The average Bonchev–Trinajstić information content (AvgIpc) is 3.09. The number of hydrogen-bond donors (Lipinski definition) is 2. The zero-order valence-corrected chi connectivity index (χ0v) is 19.5. The van der Waals surface area contributed by atoms with E-state index in [9.17, 15) is 0 Å². The van der Waals surface area contributed by atoms with E-state index in [2.05, 4.69) is 34.4 Å². The second-order valence-corrected chi connectivity index (χ2v) is 8.38. The fraction of sp³-hybridized carbons (Fsp3) is 0.304. The van der Waals surface area contributed by atoms with Crippen molar-refractivity contribution in [3.05, 3.63) is 69.0 Å². The minimum atomic E-state index is -0.158. The molecular weight excluding hydrogens is 433 g/mol. The molecule has 162 valence electrons. The van der Waals surface area contributed by atoms with E-state index in [1.165, 1.54) is 0 Å². The number of ether oxygens (including phenoxy) is 1. The number of dihydropyridines is 1. The highest BCUT2D eigenvalue weighted by Gasteiger charge is 2.27. The van der Waals surface area contributed by atoms with Gasteiger partial charge >= 0.3 is 0 Å². The molecule has 1 atom stereocenters. The molecule has 0 bridgehead atoms. The molecule has 0 saturated carbocycles. The van der Waals surface area contributed by atoms with Crippen molar-refractivity contribution in [1.29, 1.82) is 0 Å². The van der Waals surface area contributed by atoms with Gasteiger partial charge in [0.2, 0.25) is 0 Å². The van der Waals surface area contributed by atoms with Crippen LogP contribution < -0.4 is 15.8 Å². The van der Waals surface area contributed by atoms with E-state index in [0.717, 1.165) is 39.5 Å². The lowest BCUT2D eigenvalue weighted by Crippen LogP contribution is -2.19. The lowest BCUT2D eigenvalue weighted by atomic mass is 9.89. The molecule has 1 aromatic carbocycles. The number of benzene rings is 1. The number of nitrogen functional groups attached to an aromatic ring is 1. The number of rotatable bonds is 5. The number of fused-ring (bicyclic) bond motifs is 1. The third-order valence-electron chi connectivity index (χ3n) is 5.63. The summed E-state index contributed by atoms with van der Waals surface area (Å²) in [7, 11) is 0. The molecule has 3 heterocycles. The fourth-order valence-corrected chi connectivity index (χ4v) is 4.48. The Labute approximate surface area is 191 Å². The summed E-state index contributed by atoms with van der Waals surface area (Å²) in [6.45, 7) is 9.35. The van der Waals surface area contributed by atoms with Crippen LogP contribution in [0, 0.1) is 6.92 Å². The van der Waals surface area contributed by atoms with Crippen LogP contribution in [0.25, 0.3) is 11.1 Å². The van der Waals surface area contributed by atoms with Crippen LogP contribution in [-0.4, -0.2) is 27.5 Å². The van der Waals surface area contributed by atoms with Crippen LogP contribution in [0.2, 0.25) is 10.2 Å². The molecule has 0 fully saturated rings. The molecule has 2 aromatic heterocycles. The van der Waals surface area contributed by atoms with Gasteiger partial charge in [-0.05, 0) is 44.1 Å². The van der Waals surface area contributed by atoms with E-state index < -0.39 is 0 Å². The van der Waals surface area contributed by atoms with Gasteiger partial charge in [0.05, 0.1) is 6.61 Å². The molecule has 8 heteroatoms. The Morgan fingerprint density at radius 1 is 1.29 bits per heavy atom. The maximum absolute atomic E-state index is 6.72. The number of anilines is 1. The van der Waals surface area contributed by atoms with Gasteiger partial charge in [0.15, 0.2) is 11.0 Å². The van der Waals surface area contributed by atoms with E-state index in [1.807, 2.05) is 37.4 Å². The number of hydrogen-bond acceptors (Lipinski definition) is 5. The molecule has 0 saturated heterocycles. The summed E-state index contributed by atoms with van der Waals surface area (Å²) in [6.07, 6.45) is 7.64. The molecule has 4 rings (SSSR count). The number of allylic oxidation sites excluding steroid dienone is 3. The van der Waals surface area contributed by atoms with Crippen LogP contribution in [0.4, 0.5) is 5.82 Å². The molecule has 0 radical (unpaired) electrons. The van der Waals surface area contributed by atoms with Crippen LogP contribution in [0.15, 0.2) is 36.3 Å². The summed E-state index contributed by atoms with van der Waals surface area (Å²) >= 11 is 13.1. The number of nitrogens with zero attached hydrogens (tertiary/aromatic N) is 3. The summed E-state index contributed by atoms with van der Waals surface area (Å²) < 4.78 is 8.10. The van der Waals surface area contributed by atoms with Gasteiger partial charge in [0.1, 0.15) is 17.1 Å². The molecule has 1 unspecified atom stereocenters. The number of halogens is 2. The van der Waals surface area contributed by atoms with E-state index in [4.69, 9.17) is 33.7 Å². The predicted octanol–water partition coefficient (Wildman–Crippen LogP) is 5.37. The van der Waals surface area contributed by atoms with Crippen LogP contribution in [0.5, 0.6) is 5.75 Å². The third kappa shape index (κ3) is 3.75. The highest BCUT2D eigenvalue weighted by molar-refractivity contribution is 6.33. The second-order valence-electron chi connectivity index (χ2n) is 7.62. The minimum absolute atomic E-state index is 0.158. The summed E-state index contributed by atoms with van der Waals surface area (Å²) in [4.78, 5) is 8.74. The summed E-state index contributed by atoms with van der Waals surface area (Å²) in [5.41, 5.74) is 11.8. The third-order valence-corrected chi connectivity index (χ3v) is 6.28. The largest absolute Gasteiger partial charge is 0.493 e. The maximum atomic E-state index is 6.72. The maximum Gasteiger partial charge on any atom is 0.158 e. The monoisotopic (exact) mass is 457 g/mol. The molecule has 31 heavy (non-hydrogen) atoms. The summed E-state index contributed by atoms with van der Waals surface area (Å²) in [6, 6.07) is 1.97. The Bertz CT molecular complexity index is 1230. The first kappa shape index (κ1) is 21.5. The first-order chi connectivity index (χ1) is 14.8. The lowest BCUT2D eigenvalue weighted by molar-refractivity contribution is 0.334. The van der Waals surface area contributed by atoms with Gasteiger partial charge in [-0.25, -0.2) is 9.97 Å².